The van der Waals surface area contributed by atoms with Gasteiger partial charge in [-0.1, -0.05) is 72.4 Å². The Hall–Kier alpha value is -2.90. The molecule has 1 aromatic heterocycles. The molecule has 7 heteroatoms. The van der Waals surface area contributed by atoms with Crippen molar-refractivity contribution in [2.24, 2.45) is 18.9 Å². The Bertz CT molecular complexity index is 1040. The van der Waals surface area contributed by atoms with E-state index in [-0.39, 0.29) is 23.5 Å². The van der Waals surface area contributed by atoms with Gasteiger partial charge < -0.3 is 9.88 Å². The van der Waals surface area contributed by atoms with E-state index in [1.54, 1.807) is 18.0 Å². The maximum absolute atomic E-state index is 13.3. The second kappa shape index (κ2) is 10.6. The molecule has 0 spiro atoms. The number of aryl methyl sites for hydroxylation is 1. The van der Waals surface area contributed by atoms with E-state index in [2.05, 4.69) is 27.3 Å². The third kappa shape index (κ3) is 5.47. The summed E-state index contributed by atoms with van der Waals surface area (Å²) in [6, 6.07) is 19.5. The molecule has 166 valence electrons. The lowest BCUT2D eigenvalue weighted by molar-refractivity contribution is -0.125. The van der Waals surface area contributed by atoms with Gasteiger partial charge in [0.15, 0.2) is 10.9 Å². The fourth-order valence-electron chi connectivity index (χ4n) is 4.14. The van der Waals surface area contributed by atoms with Crippen molar-refractivity contribution in [2.45, 2.75) is 11.7 Å². The van der Waals surface area contributed by atoms with Crippen LogP contribution in [0.15, 0.2) is 78.2 Å². The summed E-state index contributed by atoms with van der Waals surface area (Å²) in [7, 11) is 1.95. The summed E-state index contributed by atoms with van der Waals surface area (Å²) < 4.78 is 1.96. The van der Waals surface area contributed by atoms with Crippen LogP contribution < -0.4 is 5.32 Å². The third-order valence-corrected chi connectivity index (χ3v) is 6.85. The second-order valence-electron chi connectivity index (χ2n) is 8.08. The average Bonchev–Trinajstić information content (AvgIpc) is 3.43. The molecule has 32 heavy (non-hydrogen) atoms. The SMILES string of the molecule is Cn1ccnc1SCCNC(=O)[C@H]1CN(Cc2ccccc2)C[C@@H]1C(=O)c1ccccc1. The molecule has 0 aliphatic carbocycles. The van der Waals surface area contributed by atoms with Gasteiger partial charge in [0.25, 0.3) is 0 Å². The van der Waals surface area contributed by atoms with Crippen molar-refractivity contribution in [1.82, 2.24) is 19.8 Å². The maximum atomic E-state index is 13.3. The molecule has 1 aliphatic rings. The number of benzene rings is 2. The first-order valence-corrected chi connectivity index (χ1v) is 11.8. The number of carbonyl (C=O) groups excluding carboxylic acids is 2. The number of amides is 1. The van der Waals surface area contributed by atoms with Gasteiger partial charge in [-0.05, 0) is 5.56 Å². The number of hydrogen-bond donors (Lipinski definition) is 1. The number of ketones is 1. The average molecular weight is 449 g/mol. The summed E-state index contributed by atoms with van der Waals surface area (Å²) in [6.07, 6.45) is 3.67. The Labute approximate surface area is 193 Å². The van der Waals surface area contributed by atoms with Crippen molar-refractivity contribution in [1.29, 1.82) is 0 Å². The summed E-state index contributed by atoms with van der Waals surface area (Å²) in [5, 5.41) is 3.97. The minimum atomic E-state index is -0.357. The molecule has 0 saturated carbocycles. The van der Waals surface area contributed by atoms with Gasteiger partial charge in [0.1, 0.15) is 0 Å². The van der Waals surface area contributed by atoms with Crippen molar-refractivity contribution in [3.8, 4) is 0 Å². The zero-order valence-corrected chi connectivity index (χ0v) is 19.0. The molecule has 0 bridgehead atoms. The first kappa shape index (κ1) is 22.3. The zero-order chi connectivity index (χ0) is 22.3. The van der Waals surface area contributed by atoms with Crippen LogP contribution in [0.4, 0.5) is 0 Å². The Morgan fingerprint density at radius 1 is 1.03 bits per heavy atom. The van der Waals surface area contributed by atoms with Crippen LogP contribution in [0.1, 0.15) is 15.9 Å². The molecule has 2 aromatic carbocycles. The number of thioether (sulfide) groups is 1. The number of imidazole rings is 1. The van der Waals surface area contributed by atoms with E-state index in [1.807, 2.05) is 66.3 Å². The van der Waals surface area contributed by atoms with Crippen molar-refractivity contribution in [2.75, 3.05) is 25.4 Å². The number of aromatic nitrogens is 2. The summed E-state index contributed by atoms with van der Waals surface area (Å²) >= 11 is 1.60. The van der Waals surface area contributed by atoms with Gasteiger partial charge >= 0.3 is 0 Å². The topological polar surface area (TPSA) is 67.2 Å². The van der Waals surface area contributed by atoms with Crippen molar-refractivity contribution < 1.29 is 9.59 Å². The summed E-state index contributed by atoms with van der Waals surface area (Å²) in [6.45, 7) is 2.44. The van der Waals surface area contributed by atoms with Crippen LogP contribution in [0.5, 0.6) is 0 Å². The molecule has 1 aliphatic heterocycles. The van der Waals surface area contributed by atoms with Crippen molar-refractivity contribution in [3.63, 3.8) is 0 Å². The number of likely N-dealkylation sites (tertiary alicyclic amines) is 1. The standard InChI is InChI=1S/C25H28N4O2S/c1-28-14-12-27-25(28)32-15-13-26-24(31)22-18-29(16-19-8-4-2-5-9-19)17-21(22)23(30)20-10-6-3-7-11-20/h2-12,14,21-22H,13,15-18H2,1H3,(H,26,31)/t21-,22-/m0/s1. The smallest absolute Gasteiger partial charge is 0.225 e. The van der Waals surface area contributed by atoms with E-state index in [4.69, 9.17) is 0 Å². The van der Waals surface area contributed by atoms with Crippen LogP contribution in [0, 0.1) is 11.8 Å². The minimum absolute atomic E-state index is 0.0451. The predicted octanol–water partition coefficient (Wildman–Crippen LogP) is 3.26. The molecule has 6 nitrogen and oxygen atoms in total. The van der Waals surface area contributed by atoms with E-state index in [0.29, 0.717) is 25.2 Å². The van der Waals surface area contributed by atoms with Crippen LogP contribution in [0.2, 0.25) is 0 Å². The van der Waals surface area contributed by atoms with Crippen molar-refractivity contribution in [3.05, 3.63) is 84.2 Å². The lowest BCUT2D eigenvalue weighted by Crippen LogP contribution is -2.38. The van der Waals surface area contributed by atoms with Crippen molar-refractivity contribution >= 4 is 23.5 Å². The van der Waals surface area contributed by atoms with Gasteiger partial charge in [0.05, 0.1) is 5.92 Å². The number of nitrogens with zero attached hydrogens (tertiary/aromatic N) is 3. The minimum Gasteiger partial charge on any atom is -0.355 e. The van der Waals surface area contributed by atoms with E-state index in [0.717, 1.165) is 17.5 Å². The van der Waals surface area contributed by atoms with Crippen LogP contribution in [0.25, 0.3) is 0 Å². The maximum Gasteiger partial charge on any atom is 0.225 e. The van der Waals surface area contributed by atoms with Gasteiger partial charge in [0.2, 0.25) is 5.91 Å². The highest BCUT2D eigenvalue weighted by molar-refractivity contribution is 7.99. The quantitative estimate of drug-likeness (QED) is 0.309. The molecule has 0 radical (unpaired) electrons. The zero-order valence-electron chi connectivity index (χ0n) is 18.2. The fraction of sp³-hybridized carbons (Fsp3) is 0.320. The second-order valence-corrected chi connectivity index (χ2v) is 9.15. The Morgan fingerprint density at radius 3 is 2.41 bits per heavy atom. The van der Waals surface area contributed by atoms with Gasteiger partial charge in [-0.3, -0.25) is 14.5 Å². The van der Waals surface area contributed by atoms with Gasteiger partial charge in [0, 0.05) is 62.9 Å². The summed E-state index contributed by atoms with van der Waals surface area (Å²) in [5.74, 6) is 0.0285. The van der Waals surface area contributed by atoms with Crippen LogP contribution in [-0.2, 0) is 18.4 Å². The van der Waals surface area contributed by atoms with Gasteiger partial charge in [-0.2, -0.15) is 0 Å². The highest BCUT2D eigenvalue weighted by atomic mass is 32.2. The molecule has 1 fully saturated rings. The molecular weight excluding hydrogens is 420 g/mol. The molecular formula is C25H28N4O2S. The Kier molecular flexibility index (Phi) is 7.39. The molecule has 4 rings (SSSR count). The normalized spacial score (nSPS) is 18.5. The Balaban J connectivity index is 1.40. The van der Waals surface area contributed by atoms with Crippen LogP contribution >= 0.6 is 11.8 Å². The fourth-order valence-corrected chi connectivity index (χ4v) is 4.93. The van der Waals surface area contributed by atoms with Gasteiger partial charge in [-0.25, -0.2) is 4.98 Å². The monoisotopic (exact) mass is 448 g/mol. The van der Waals surface area contributed by atoms with E-state index >= 15 is 0 Å². The molecule has 2 heterocycles. The van der Waals surface area contributed by atoms with E-state index in [9.17, 15) is 9.59 Å². The number of Topliss-reactive ketones (excluding diaryl/α,β-unsaturated/α-hetero) is 1. The van der Waals surface area contributed by atoms with Crippen LogP contribution in [-0.4, -0.2) is 51.5 Å². The lowest BCUT2D eigenvalue weighted by atomic mass is 9.88. The molecule has 1 amide bonds. The molecule has 1 saturated heterocycles. The molecule has 1 N–H and O–H groups in total. The lowest BCUT2D eigenvalue weighted by Gasteiger charge is -2.17. The number of nitrogens with one attached hydrogen (secondary N) is 1. The number of carbonyl (C=O) groups is 2. The molecule has 3 aromatic rings. The van der Waals surface area contributed by atoms with E-state index in [1.165, 1.54) is 5.56 Å². The van der Waals surface area contributed by atoms with E-state index < -0.39 is 0 Å². The summed E-state index contributed by atoms with van der Waals surface area (Å²) in [4.78, 5) is 32.9. The number of hydrogen-bond acceptors (Lipinski definition) is 5. The first-order chi connectivity index (χ1) is 15.6. The molecule has 2 atom stereocenters. The number of rotatable bonds is 9. The highest BCUT2D eigenvalue weighted by Crippen LogP contribution is 2.28. The third-order valence-electron chi connectivity index (χ3n) is 5.79. The molecule has 0 unspecified atom stereocenters. The van der Waals surface area contributed by atoms with Crippen LogP contribution in [0.3, 0.4) is 0 Å². The summed E-state index contributed by atoms with van der Waals surface area (Å²) in [5.41, 5.74) is 1.85. The predicted molar refractivity (Wildman–Crippen MR) is 126 cm³/mol. The highest BCUT2D eigenvalue weighted by Gasteiger charge is 2.41. The Morgan fingerprint density at radius 2 is 1.72 bits per heavy atom. The largest absolute Gasteiger partial charge is 0.355 e. The van der Waals surface area contributed by atoms with Gasteiger partial charge in [-0.15, -0.1) is 0 Å². The first-order valence-electron chi connectivity index (χ1n) is 10.8.